The normalized spacial score (nSPS) is 16.4. The summed E-state index contributed by atoms with van der Waals surface area (Å²) in [6.07, 6.45) is 2.27. The van der Waals surface area contributed by atoms with Gasteiger partial charge in [0, 0.05) is 23.7 Å². The molecule has 6 nitrogen and oxygen atoms in total. The van der Waals surface area contributed by atoms with Gasteiger partial charge in [-0.25, -0.2) is 0 Å². The molecule has 0 unspecified atom stereocenters. The molecular formula is C17H20ClN3O3. The number of nitro benzene ring substituents is 1. The van der Waals surface area contributed by atoms with Crippen molar-refractivity contribution in [3.05, 3.63) is 51.2 Å². The number of nitrogens with zero attached hydrogens (tertiary/aromatic N) is 2. The number of piperidine rings is 1. The van der Waals surface area contributed by atoms with Gasteiger partial charge in [0.15, 0.2) is 0 Å². The molecule has 2 heterocycles. The molecule has 0 saturated carbocycles. The maximum atomic E-state index is 10.8. The van der Waals surface area contributed by atoms with E-state index in [1.54, 1.807) is 6.07 Å². The van der Waals surface area contributed by atoms with E-state index in [-0.39, 0.29) is 5.69 Å². The van der Waals surface area contributed by atoms with Gasteiger partial charge >= 0.3 is 0 Å². The molecule has 0 bridgehead atoms. The summed E-state index contributed by atoms with van der Waals surface area (Å²) in [5.41, 5.74) is 0.632. The van der Waals surface area contributed by atoms with Crippen LogP contribution in [-0.2, 0) is 6.54 Å². The Balaban J connectivity index is 1.64. The van der Waals surface area contributed by atoms with Gasteiger partial charge in [-0.15, -0.1) is 0 Å². The van der Waals surface area contributed by atoms with E-state index in [1.807, 2.05) is 12.1 Å². The van der Waals surface area contributed by atoms with Crippen LogP contribution in [0.2, 0.25) is 5.02 Å². The number of nitrogens with one attached hydrogen (secondary N) is 1. The molecule has 1 aliphatic rings. The molecule has 1 aliphatic heterocycles. The second kappa shape index (κ2) is 7.34. The number of rotatable bonds is 5. The molecule has 1 aromatic heterocycles. The standard InChI is InChI=1S/C17H20ClN3O3/c1-20-8-6-12(7-9-20)19-11-14-3-5-17(24-14)15-4-2-13(21(22)23)10-16(15)18/h2-5,10,12,19H,6-9,11H2,1H3. The average Bonchev–Trinajstić information content (AvgIpc) is 3.03. The first-order chi connectivity index (χ1) is 11.5. The highest BCUT2D eigenvalue weighted by Gasteiger charge is 2.17. The van der Waals surface area contributed by atoms with Crippen LogP contribution in [0.3, 0.4) is 0 Å². The number of hydrogen-bond donors (Lipinski definition) is 1. The highest BCUT2D eigenvalue weighted by atomic mass is 35.5. The maximum absolute atomic E-state index is 10.8. The van der Waals surface area contributed by atoms with E-state index >= 15 is 0 Å². The van der Waals surface area contributed by atoms with E-state index in [0.717, 1.165) is 31.7 Å². The molecule has 0 spiro atoms. The van der Waals surface area contributed by atoms with Crippen LogP contribution < -0.4 is 5.32 Å². The molecule has 1 aromatic carbocycles. The molecule has 1 fully saturated rings. The fourth-order valence-corrected chi connectivity index (χ4v) is 3.16. The van der Waals surface area contributed by atoms with E-state index in [9.17, 15) is 10.1 Å². The van der Waals surface area contributed by atoms with Crippen LogP contribution in [0.1, 0.15) is 18.6 Å². The summed E-state index contributed by atoms with van der Waals surface area (Å²) in [4.78, 5) is 12.6. The number of likely N-dealkylation sites (tertiary alicyclic amines) is 1. The Bertz CT molecular complexity index is 724. The molecule has 7 heteroatoms. The first-order valence-electron chi connectivity index (χ1n) is 7.98. The van der Waals surface area contributed by atoms with Crippen molar-refractivity contribution >= 4 is 17.3 Å². The van der Waals surface area contributed by atoms with Crippen molar-refractivity contribution in [3.8, 4) is 11.3 Å². The smallest absolute Gasteiger partial charge is 0.270 e. The largest absolute Gasteiger partial charge is 0.460 e. The molecule has 128 valence electrons. The molecule has 24 heavy (non-hydrogen) atoms. The number of furan rings is 1. The van der Waals surface area contributed by atoms with Crippen molar-refractivity contribution in [1.29, 1.82) is 0 Å². The summed E-state index contributed by atoms with van der Waals surface area (Å²) < 4.78 is 5.84. The quantitative estimate of drug-likeness (QED) is 0.658. The Kier molecular flexibility index (Phi) is 5.18. The molecular weight excluding hydrogens is 330 g/mol. The van der Waals surface area contributed by atoms with Crippen LogP contribution in [0.15, 0.2) is 34.7 Å². The lowest BCUT2D eigenvalue weighted by molar-refractivity contribution is -0.384. The Hall–Kier alpha value is -1.89. The predicted octanol–water partition coefficient (Wildman–Crippen LogP) is 3.69. The fraction of sp³-hybridized carbons (Fsp3) is 0.412. The van der Waals surface area contributed by atoms with Crippen molar-refractivity contribution in [2.75, 3.05) is 20.1 Å². The number of halogens is 1. The zero-order chi connectivity index (χ0) is 17.1. The van der Waals surface area contributed by atoms with Gasteiger partial charge in [0.05, 0.1) is 16.5 Å². The molecule has 1 N–H and O–H groups in total. The third-order valence-corrected chi connectivity index (χ3v) is 4.69. The van der Waals surface area contributed by atoms with E-state index in [2.05, 4.69) is 17.3 Å². The summed E-state index contributed by atoms with van der Waals surface area (Å²) in [5.74, 6) is 1.45. The molecule has 0 amide bonds. The fourth-order valence-electron chi connectivity index (χ4n) is 2.89. The van der Waals surface area contributed by atoms with Gasteiger partial charge in [-0.1, -0.05) is 11.6 Å². The van der Waals surface area contributed by atoms with Gasteiger partial charge in [0.2, 0.25) is 0 Å². The van der Waals surface area contributed by atoms with Crippen molar-refractivity contribution in [1.82, 2.24) is 10.2 Å². The summed E-state index contributed by atoms with van der Waals surface area (Å²) in [5, 5.41) is 14.6. The summed E-state index contributed by atoms with van der Waals surface area (Å²) in [6, 6.07) is 8.66. The van der Waals surface area contributed by atoms with E-state index in [4.69, 9.17) is 16.0 Å². The SMILES string of the molecule is CN1CCC(NCc2ccc(-c3ccc([N+](=O)[O-])cc3Cl)o2)CC1. The van der Waals surface area contributed by atoms with Crippen LogP contribution in [0.25, 0.3) is 11.3 Å². The van der Waals surface area contributed by atoms with Gasteiger partial charge in [-0.2, -0.15) is 0 Å². The Morgan fingerprint density at radius 1 is 1.33 bits per heavy atom. The van der Waals surface area contributed by atoms with E-state index in [0.29, 0.717) is 28.9 Å². The summed E-state index contributed by atoms with van der Waals surface area (Å²) >= 11 is 6.15. The second-order valence-electron chi connectivity index (χ2n) is 6.15. The van der Waals surface area contributed by atoms with Crippen molar-refractivity contribution in [2.24, 2.45) is 0 Å². The number of nitro groups is 1. The van der Waals surface area contributed by atoms with Gasteiger partial charge in [0.25, 0.3) is 5.69 Å². The van der Waals surface area contributed by atoms with E-state index in [1.165, 1.54) is 12.1 Å². The van der Waals surface area contributed by atoms with Crippen LogP contribution in [0.5, 0.6) is 0 Å². The highest BCUT2D eigenvalue weighted by Crippen LogP contribution is 2.32. The number of hydrogen-bond acceptors (Lipinski definition) is 5. The van der Waals surface area contributed by atoms with Crippen LogP contribution >= 0.6 is 11.6 Å². The Morgan fingerprint density at radius 2 is 2.08 bits per heavy atom. The molecule has 0 radical (unpaired) electrons. The van der Waals surface area contributed by atoms with Gasteiger partial charge in [0.1, 0.15) is 11.5 Å². The zero-order valence-electron chi connectivity index (χ0n) is 13.5. The van der Waals surface area contributed by atoms with Gasteiger partial charge in [-0.3, -0.25) is 10.1 Å². The average molecular weight is 350 g/mol. The second-order valence-corrected chi connectivity index (χ2v) is 6.55. The molecule has 1 saturated heterocycles. The molecule has 0 atom stereocenters. The third-order valence-electron chi connectivity index (χ3n) is 4.37. The first-order valence-corrected chi connectivity index (χ1v) is 8.35. The van der Waals surface area contributed by atoms with Crippen molar-refractivity contribution in [3.63, 3.8) is 0 Å². The number of benzene rings is 1. The molecule has 2 aromatic rings. The topological polar surface area (TPSA) is 71.5 Å². The van der Waals surface area contributed by atoms with Gasteiger partial charge < -0.3 is 14.6 Å². The monoisotopic (exact) mass is 349 g/mol. The summed E-state index contributed by atoms with van der Waals surface area (Å²) in [7, 11) is 2.14. The predicted molar refractivity (Wildman–Crippen MR) is 93.2 cm³/mol. The first kappa shape index (κ1) is 17.0. The lowest BCUT2D eigenvalue weighted by atomic mass is 10.1. The lowest BCUT2D eigenvalue weighted by Gasteiger charge is -2.29. The van der Waals surface area contributed by atoms with Gasteiger partial charge in [-0.05, 0) is 51.2 Å². The zero-order valence-corrected chi connectivity index (χ0v) is 14.3. The number of non-ortho nitro benzene ring substituents is 1. The Labute approximate surface area is 145 Å². The van der Waals surface area contributed by atoms with Crippen molar-refractivity contribution < 1.29 is 9.34 Å². The third kappa shape index (κ3) is 3.95. The minimum Gasteiger partial charge on any atom is -0.460 e. The summed E-state index contributed by atoms with van der Waals surface area (Å²) in [6.45, 7) is 2.89. The molecule has 3 rings (SSSR count). The molecule has 0 aliphatic carbocycles. The van der Waals surface area contributed by atoms with Crippen molar-refractivity contribution in [2.45, 2.75) is 25.4 Å². The van der Waals surface area contributed by atoms with E-state index < -0.39 is 4.92 Å². The Morgan fingerprint density at radius 3 is 2.75 bits per heavy atom. The highest BCUT2D eigenvalue weighted by molar-refractivity contribution is 6.33. The maximum Gasteiger partial charge on any atom is 0.270 e. The van der Waals surface area contributed by atoms with Crippen LogP contribution in [0.4, 0.5) is 5.69 Å². The van der Waals surface area contributed by atoms with Crippen LogP contribution in [0, 0.1) is 10.1 Å². The minimum atomic E-state index is -0.464. The lowest BCUT2D eigenvalue weighted by Crippen LogP contribution is -2.40. The minimum absolute atomic E-state index is 0.0283. The van der Waals surface area contributed by atoms with Crippen LogP contribution in [-0.4, -0.2) is 36.0 Å².